The summed E-state index contributed by atoms with van der Waals surface area (Å²) in [6, 6.07) is 0. The van der Waals surface area contributed by atoms with Crippen LogP contribution >= 0.6 is 0 Å². The van der Waals surface area contributed by atoms with Gasteiger partial charge in [-0.3, -0.25) is 0 Å². The van der Waals surface area contributed by atoms with Gasteiger partial charge in [0, 0.05) is 0 Å². The second-order valence-corrected chi connectivity index (χ2v) is 5.13. The van der Waals surface area contributed by atoms with Gasteiger partial charge in [0.1, 0.15) is 0 Å². The summed E-state index contributed by atoms with van der Waals surface area (Å²) in [6.07, 6.45) is 21.7. The fraction of sp³-hybridized carbons (Fsp3) is 0.706. The molecule has 0 saturated carbocycles. The molecule has 0 spiro atoms. The maximum absolute atomic E-state index is 3.27. The molecule has 17 heavy (non-hydrogen) atoms. The van der Waals surface area contributed by atoms with E-state index in [1.165, 1.54) is 76.2 Å². The summed E-state index contributed by atoms with van der Waals surface area (Å²) in [5.74, 6) is 0. The van der Waals surface area contributed by atoms with Gasteiger partial charge in [-0.25, -0.2) is 0 Å². The van der Waals surface area contributed by atoms with Gasteiger partial charge in [-0.2, -0.15) is 0 Å². The molecule has 1 rings (SSSR count). The van der Waals surface area contributed by atoms with E-state index >= 15 is 0 Å². The Bertz CT molecular complexity index is 264. The highest BCUT2D eigenvalue weighted by molar-refractivity contribution is 5.28. The number of hydrogen-bond acceptors (Lipinski definition) is 0. The van der Waals surface area contributed by atoms with Crippen LogP contribution in [0.15, 0.2) is 29.5 Å². The highest BCUT2D eigenvalue weighted by Crippen LogP contribution is 2.15. The lowest BCUT2D eigenvalue weighted by Crippen LogP contribution is -1.82. The normalized spacial score (nSPS) is 13.4. The van der Waals surface area contributed by atoms with Crippen LogP contribution in [0.4, 0.5) is 0 Å². The van der Waals surface area contributed by atoms with Crippen LogP contribution in [-0.2, 0) is 0 Å². The minimum Gasteiger partial charge on any atom is -0.117 e. The Morgan fingerprint density at radius 2 is 1.41 bits per heavy atom. The number of rotatable bonds is 11. The third-order valence-electron chi connectivity index (χ3n) is 3.46. The summed E-state index contributed by atoms with van der Waals surface area (Å²) in [7, 11) is 0. The van der Waals surface area contributed by atoms with Crippen LogP contribution < -0.4 is 0 Å². The van der Waals surface area contributed by atoms with E-state index in [0.29, 0.717) is 0 Å². The zero-order valence-corrected chi connectivity index (χ0v) is 11.5. The van der Waals surface area contributed by atoms with Crippen molar-refractivity contribution in [3.05, 3.63) is 29.5 Å². The summed E-state index contributed by atoms with van der Waals surface area (Å²) in [5, 5.41) is 0. The fourth-order valence-corrected chi connectivity index (χ4v) is 2.33. The summed E-state index contributed by atoms with van der Waals surface area (Å²) in [5.41, 5.74) is 4.66. The van der Waals surface area contributed by atoms with Gasteiger partial charge in [-0.1, -0.05) is 76.9 Å². The monoisotopic (exact) mass is 232 g/mol. The van der Waals surface area contributed by atoms with Crippen LogP contribution in [0, 0.1) is 0 Å². The van der Waals surface area contributed by atoms with E-state index in [1.54, 1.807) is 0 Å². The van der Waals surface area contributed by atoms with E-state index in [1.807, 2.05) is 6.08 Å². The molecule has 0 amide bonds. The van der Waals surface area contributed by atoms with E-state index in [0.717, 1.165) is 0 Å². The zero-order valence-electron chi connectivity index (χ0n) is 11.5. The van der Waals surface area contributed by atoms with E-state index in [4.69, 9.17) is 0 Å². The summed E-state index contributed by atoms with van der Waals surface area (Å²) in [6.45, 7) is 2.28. The maximum atomic E-state index is 3.27. The van der Waals surface area contributed by atoms with Gasteiger partial charge in [-0.15, -0.1) is 5.73 Å². The molecule has 0 aromatic rings. The number of allylic oxidation sites excluding steroid dienone is 3. The molecule has 0 unspecified atom stereocenters. The van der Waals surface area contributed by atoms with E-state index in [-0.39, 0.29) is 0 Å². The van der Waals surface area contributed by atoms with Crippen molar-refractivity contribution in [1.29, 1.82) is 0 Å². The largest absolute Gasteiger partial charge is 0.117 e. The van der Waals surface area contributed by atoms with Crippen molar-refractivity contribution < 1.29 is 0 Å². The number of hydrogen-bond donors (Lipinski definition) is 0. The molecule has 1 aliphatic rings. The molecule has 0 heteroatoms. The van der Waals surface area contributed by atoms with Gasteiger partial charge in [-0.05, 0) is 24.5 Å². The molecule has 1 aliphatic carbocycles. The summed E-state index contributed by atoms with van der Waals surface area (Å²) < 4.78 is 0. The van der Waals surface area contributed by atoms with Gasteiger partial charge in [0.25, 0.3) is 0 Å². The van der Waals surface area contributed by atoms with Crippen molar-refractivity contribution in [3.63, 3.8) is 0 Å². The molecule has 0 fully saturated rings. The molecule has 0 radical (unpaired) electrons. The highest BCUT2D eigenvalue weighted by atomic mass is 14.0. The first kappa shape index (κ1) is 14.3. The van der Waals surface area contributed by atoms with Crippen molar-refractivity contribution in [3.8, 4) is 0 Å². The van der Waals surface area contributed by atoms with Crippen molar-refractivity contribution in [2.75, 3.05) is 0 Å². The van der Waals surface area contributed by atoms with Crippen LogP contribution in [-0.4, -0.2) is 0 Å². The zero-order chi connectivity index (χ0) is 12.2. The smallest absolute Gasteiger partial charge is 0.00601 e. The van der Waals surface area contributed by atoms with E-state index < -0.39 is 0 Å². The predicted molar refractivity (Wildman–Crippen MR) is 77.2 cm³/mol. The standard InChI is InChI=1S/C17H28/c1-2-3-4-5-6-7-8-9-10-11-14-17-15-12-13-16-17/h12-13,15H,2-11,14H2,1H3. The second kappa shape index (κ2) is 10.4. The Morgan fingerprint density at radius 1 is 0.824 bits per heavy atom. The third kappa shape index (κ3) is 8.05. The Balaban J connectivity index is 1.75. The molecular weight excluding hydrogens is 204 g/mol. The van der Waals surface area contributed by atoms with Gasteiger partial charge in [0.15, 0.2) is 0 Å². The van der Waals surface area contributed by atoms with Crippen molar-refractivity contribution in [2.45, 2.75) is 77.6 Å². The van der Waals surface area contributed by atoms with Crippen LogP contribution in [0.2, 0.25) is 0 Å². The van der Waals surface area contributed by atoms with Gasteiger partial charge >= 0.3 is 0 Å². The average Bonchev–Trinajstić information content (AvgIpc) is 2.85. The minimum absolute atomic E-state index is 1.23. The van der Waals surface area contributed by atoms with Crippen LogP contribution in [0.5, 0.6) is 0 Å². The van der Waals surface area contributed by atoms with Crippen LogP contribution in [0.3, 0.4) is 0 Å². The lowest BCUT2D eigenvalue weighted by atomic mass is 10.0. The Hall–Kier alpha value is -0.740. The minimum atomic E-state index is 1.23. The van der Waals surface area contributed by atoms with Gasteiger partial charge < -0.3 is 0 Å². The van der Waals surface area contributed by atoms with Gasteiger partial charge in [0.2, 0.25) is 0 Å². The second-order valence-electron chi connectivity index (χ2n) is 5.13. The summed E-state index contributed by atoms with van der Waals surface area (Å²) >= 11 is 0. The molecule has 0 nitrogen and oxygen atoms in total. The molecular formula is C17H28. The fourth-order valence-electron chi connectivity index (χ4n) is 2.33. The topological polar surface area (TPSA) is 0 Å². The summed E-state index contributed by atoms with van der Waals surface area (Å²) in [4.78, 5) is 0. The Kier molecular flexibility index (Phi) is 8.78. The van der Waals surface area contributed by atoms with Crippen molar-refractivity contribution >= 4 is 0 Å². The highest BCUT2D eigenvalue weighted by Gasteiger charge is 1.96. The molecule has 0 aliphatic heterocycles. The quantitative estimate of drug-likeness (QED) is 0.305. The molecule has 0 bridgehead atoms. The maximum Gasteiger partial charge on any atom is -0.00601 e. The average molecular weight is 232 g/mol. The first-order valence-corrected chi connectivity index (χ1v) is 7.55. The van der Waals surface area contributed by atoms with Gasteiger partial charge in [0.05, 0.1) is 0 Å². The first-order chi connectivity index (χ1) is 8.43. The van der Waals surface area contributed by atoms with Crippen LogP contribution in [0.1, 0.15) is 77.6 Å². The molecule has 0 saturated heterocycles. The lowest BCUT2D eigenvalue weighted by molar-refractivity contribution is 0.556. The predicted octanol–water partition coefficient (Wildman–Crippen LogP) is 5.95. The molecule has 0 aromatic heterocycles. The molecule has 0 atom stereocenters. The number of unbranched alkanes of at least 4 members (excludes halogenated alkanes) is 9. The lowest BCUT2D eigenvalue weighted by Gasteiger charge is -2.02. The molecule has 0 N–H and O–H groups in total. The van der Waals surface area contributed by atoms with Crippen molar-refractivity contribution in [1.82, 2.24) is 0 Å². The molecule has 0 heterocycles. The van der Waals surface area contributed by atoms with Crippen LogP contribution in [0.25, 0.3) is 0 Å². The first-order valence-electron chi connectivity index (χ1n) is 7.55. The molecule has 96 valence electrons. The Labute approximate surface area is 108 Å². The van der Waals surface area contributed by atoms with Crippen molar-refractivity contribution in [2.24, 2.45) is 0 Å². The van der Waals surface area contributed by atoms with E-state index in [2.05, 4.69) is 24.8 Å². The van der Waals surface area contributed by atoms with E-state index in [9.17, 15) is 0 Å². The third-order valence-corrected chi connectivity index (χ3v) is 3.46. The molecule has 0 aromatic carbocycles. The SMILES string of the molecule is CCCCCCCCCCCCC1=C=CC=C1. The Morgan fingerprint density at radius 3 is 1.94 bits per heavy atom.